The van der Waals surface area contributed by atoms with Gasteiger partial charge in [-0.1, -0.05) is 78.1 Å². The zero-order valence-electron chi connectivity index (χ0n) is 19.9. The van der Waals surface area contributed by atoms with Crippen LogP contribution in [0.1, 0.15) is 22.3 Å². The van der Waals surface area contributed by atoms with E-state index in [4.69, 9.17) is 26.4 Å². The molecular formula is C28H27NO4S2. The highest BCUT2D eigenvalue weighted by Gasteiger charge is 2.32. The smallest absolute Gasteiger partial charge is 0.266 e. The summed E-state index contributed by atoms with van der Waals surface area (Å²) >= 11 is 6.84. The number of nitrogens with zero attached hydrogens (tertiary/aromatic N) is 1. The maximum atomic E-state index is 13.2. The van der Waals surface area contributed by atoms with Gasteiger partial charge in [0.25, 0.3) is 5.91 Å². The van der Waals surface area contributed by atoms with Gasteiger partial charge < -0.3 is 14.2 Å². The van der Waals surface area contributed by atoms with Gasteiger partial charge in [-0.15, -0.1) is 0 Å². The van der Waals surface area contributed by atoms with Gasteiger partial charge in [0.15, 0.2) is 11.5 Å². The first kappa shape index (κ1) is 24.8. The molecule has 1 heterocycles. The zero-order chi connectivity index (χ0) is 24.8. The molecule has 0 aromatic heterocycles. The third-order valence-electron chi connectivity index (χ3n) is 5.67. The molecule has 0 aliphatic carbocycles. The van der Waals surface area contributed by atoms with Crippen molar-refractivity contribution in [2.24, 2.45) is 0 Å². The SMILES string of the molecule is COc1ccc(CCN2C(=O)C(=Cc3ccccc3OCc3ccc(C)cc3)SC2=S)cc1OC. The van der Waals surface area contributed by atoms with Crippen molar-refractivity contribution in [1.82, 2.24) is 4.90 Å². The number of benzene rings is 3. The molecule has 0 spiro atoms. The summed E-state index contributed by atoms with van der Waals surface area (Å²) in [5.74, 6) is 1.98. The van der Waals surface area contributed by atoms with Gasteiger partial charge in [-0.05, 0) is 48.7 Å². The van der Waals surface area contributed by atoms with E-state index in [1.54, 1.807) is 19.1 Å². The molecule has 0 N–H and O–H groups in total. The van der Waals surface area contributed by atoms with Crippen LogP contribution < -0.4 is 14.2 Å². The summed E-state index contributed by atoms with van der Waals surface area (Å²) in [4.78, 5) is 15.4. The van der Waals surface area contributed by atoms with E-state index in [-0.39, 0.29) is 5.91 Å². The molecule has 0 radical (unpaired) electrons. The van der Waals surface area contributed by atoms with E-state index in [1.807, 2.05) is 48.5 Å². The van der Waals surface area contributed by atoms with Crippen LogP contribution in [0.5, 0.6) is 17.2 Å². The predicted molar refractivity (Wildman–Crippen MR) is 145 cm³/mol. The second-order valence-electron chi connectivity index (χ2n) is 8.08. The minimum absolute atomic E-state index is 0.0891. The molecule has 1 saturated heterocycles. The fourth-order valence-corrected chi connectivity index (χ4v) is 4.99. The van der Waals surface area contributed by atoms with E-state index < -0.39 is 0 Å². The maximum Gasteiger partial charge on any atom is 0.266 e. The second kappa shape index (κ2) is 11.4. The average Bonchev–Trinajstić information content (AvgIpc) is 3.14. The highest BCUT2D eigenvalue weighted by atomic mass is 32.2. The maximum absolute atomic E-state index is 13.2. The van der Waals surface area contributed by atoms with Gasteiger partial charge in [0.05, 0.1) is 19.1 Å². The van der Waals surface area contributed by atoms with Crippen molar-refractivity contribution >= 4 is 40.3 Å². The minimum atomic E-state index is -0.0891. The largest absolute Gasteiger partial charge is 0.493 e. The van der Waals surface area contributed by atoms with Gasteiger partial charge in [0.1, 0.15) is 16.7 Å². The number of para-hydroxylation sites is 1. The molecular weight excluding hydrogens is 478 g/mol. The van der Waals surface area contributed by atoms with Gasteiger partial charge >= 0.3 is 0 Å². The molecule has 35 heavy (non-hydrogen) atoms. The number of ether oxygens (including phenoxy) is 3. The average molecular weight is 506 g/mol. The molecule has 1 aliphatic heterocycles. The second-order valence-corrected chi connectivity index (χ2v) is 9.76. The first-order valence-corrected chi connectivity index (χ1v) is 12.4. The predicted octanol–water partition coefficient (Wildman–Crippen LogP) is 6.04. The number of amides is 1. The Morgan fingerprint density at radius 3 is 2.37 bits per heavy atom. The van der Waals surface area contributed by atoms with Gasteiger partial charge in [-0.3, -0.25) is 9.69 Å². The van der Waals surface area contributed by atoms with Gasteiger partial charge in [-0.2, -0.15) is 0 Å². The zero-order valence-corrected chi connectivity index (χ0v) is 21.6. The third-order valence-corrected chi connectivity index (χ3v) is 7.04. The molecule has 3 aromatic carbocycles. The summed E-state index contributed by atoms with van der Waals surface area (Å²) in [5, 5.41) is 0. The molecule has 0 bridgehead atoms. The Bertz CT molecular complexity index is 1250. The summed E-state index contributed by atoms with van der Waals surface area (Å²) in [6.45, 7) is 3.00. The highest BCUT2D eigenvalue weighted by molar-refractivity contribution is 8.26. The van der Waals surface area contributed by atoms with Crippen molar-refractivity contribution in [3.63, 3.8) is 0 Å². The lowest BCUT2D eigenvalue weighted by Crippen LogP contribution is -2.30. The van der Waals surface area contributed by atoms with Gasteiger partial charge in [0, 0.05) is 12.1 Å². The number of hydrogen-bond donors (Lipinski definition) is 0. The van der Waals surface area contributed by atoms with Crippen LogP contribution in [0.2, 0.25) is 0 Å². The fraction of sp³-hybridized carbons (Fsp3) is 0.214. The summed E-state index contributed by atoms with van der Waals surface area (Å²) < 4.78 is 17.3. The monoisotopic (exact) mass is 505 g/mol. The molecule has 180 valence electrons. The lowest BCUT2D eigenvalue weighted by atomic mass is 10.1. The molecule has 7 heteroatoms. The van der Waals surface area contributed by atoms with Crippen LogP contribution in [0.3, 0.4) is 0 Å². The molecule has 1 aliphatic rings. The van der Waals surface area contributed by atoms with Crippen molar-refractivity contribution in [3.05, 3.63) is 93.9 Å². The Kier molecular flexibility index (Phi) is 8.10. The van der Waals surface area contributed by atoms with Gasteiger partial charge in [0.2, 0.25) is 0 Å². The van der Waals surface area contributed by atoms with E-state index in [1.165, 1.54) is 17.3 Å². The summed E-state index contributed by atoms with van der Waals surface area (Å²) in [7, 11) is 3.21. The Balaban J connectivity index is 1.44. The first-order valence-electron chi connectivity index (χ1n) is 11.2. The van der Waals surface area contributed by atoms with E-state index in [2.05, 4.69) is 31.2 Å². The third kappa shape index (κ3) is 6.05. The van der Waals surface area contributed by atoms with Crippen LogP contribution in [0.4, 0.5) is 0 Å². The van der Waals surface area contributed by atoms with Crippen molar-refractivity contribution in [2.45, 2.75) is 20.0 Å². The van der Waals surface area contributed by atoms with Crippen molar-refractivity contribution < 1.29 is 19.0 Å². The number of carbonyl (C=O) groups is 1. The molecule has 4 rings (SSSR count). The van der Waals surface area contributed by atoms with Crippen LogP contribution >= 0.6 is 24.0 Å². The lowest BCUT2D eigenvalue weighted by Gasteiger charge is -2.15. The fourth-order valence-electron chi connectivity index (χ4n) is 3.69. The van der Waals surface area contributed by atoms with Crippen molar-refractivity contribution in [3.8, 4) is 17.2 Å². The number of rotatable bonds is 9. The van der Waals surface area contributed by atoms with Crippen LogP contribution in [-0.2, 0) is 17.8 Å². The highest BCUT2D eigenvalue weighted by Crippen LogP contribution is 2.35. The molecule has 5 nitrogen and oxygen atoms in total. The normalized spacial score (nSPS) is 14.5. The van der Waals surface area contributed by atoms with E-state index in [0.29, 0.717) is 40.3 Å². The molecule has 3 aromatic rings. The Labute approximate surface area is 215 Å². The van der Waals surface area contributed by atoms with Crippen LogP contribution in [-0.4, -0.2) is 35.9 Å². The first-order chi connectivity index (χ1) is 17.0. The van der Waals surface area contributed by atoms with E-state index >= 15 is 0 Å². The number of methoxy groups -OCH3 is 2. The van der Waals surface area contributed by atoms with Crippen LogP contribution in [0.15, 0.2) is 71.6 Å². The topological polar surface area (TPSA) is 48.0 Å². The number of hydrogen-bond acceptors (Lipinski definition) is 6. The molecule has 0 atom stereocenters. The Morgan fingerprint density at radius 2 is 1.63 bits per heavy atom. The number of thiocarbonyl (C=S) groups is 1. The number of aryl methyl sites for hydroxylation is 1. The minimum Gasteiger partial charge on any atom is -0.493 e. The summed E-state index contributed by atoms with van der Waals surface area (Å²) in [6.07, 6.45) is 2.51. The van der Waals surface area contributed by atoms with Crippen molar-refractivity contribution in [2.75, 3.05) is 20.8 Å². The Hall–Kier alpha value is -3.29. The molecule has 1 amide bonds. The standard InChI is InChI=1S/C28H27NO4S2/c1-19-8-10-21(11-9-19)18-33-23-7-5-4-6-22(23)17-26-27(30)29(28(34)35-26)15-14-20-12-13-24(31-2)25(16-20)32-3/h4-13,16-17H,14-15,18H2,1-3H3. The number of carbonyl (C=O) groups excluding carboxylic acids is 1. The van der Waals surface area contributed by atoms with E-state index in [9.17, 15) is 4.79 Å². The molecule has 0 saturated carbocycles. The molecule has 0 unspecified atom stereocenters. The van der Waals surface area contributed by atoms with Crippen molar-refractivity contribution in [1.29, 1.82) is 0 Å². The number of thioether (sulfide) groups is 1. The lowest BCUT2D eigenvalue weighted by molar-refractivity contribution is -0.122. The summed E-state index contributed by atoms with van der Waals surface area (Å²) in [5.41, 5.74) is 4.18. The quantitative estimate of drug-likeness (QED) is 0.261. The van der Waals surface area contributed by atoms with Crippen LogP contribution in [0, 0.1) is 6.92 Å². The van der Waals surface area contributed by atoms with Gasteiger partial charge in [-0.25, -0.2) is 0 Å². The Morgan fingerprint density at radius 1 is 0.914 bits per heavy atom. The molecule has 1 fully saturated rings. The van der Waals surface area contributed by atoms with E-state index in [0.717, 1.165) is 22.4 Å². The van der Waals surface area contributed by atoms with Crippen LogP contribution in [0.25, 0.3) is 6.08 Å². The summed E-state index contributed by atoms with van der Waals surface area (Å²) in [6, 6.07) is 21.7.